The number of rotatable bonds is 4. The molecule has 174 valence electrons. The smallest absolute Gasteiger partial charge is 0.259 e. The molecule has 2 aromatic heterocycles. The van der Waals surface area contributed by atoms with E-state index in [4.69, 9.17) is 0 Å². The maximum absolute atomic E-state index is 13.1. The van der Waals surface area contributed by atoms with E-state index in [9.17, 15) is 9.59 Å². The van der Waals surface area contributed by atoms with Crippen LogP contribution in [0.1, 0.15) is 21.5 Å². The van der Waals surface area contributed by atoms with Crippen molar-refractivity contribution in [3.05, 3.63) is 120 Å². The summed E-state index contributed by atoms with van der Waals surface area (Å²) in [5, 5.41) is 7.99. The van der Waals surface area contributed by atoms with Crippen LogP contribution in [0.25, 0.3) is 16.6 Å². The van der Waals surface area contributed by atoms with Gasteiger partial charge in [-0.05, 0) is 41.8 Å². The fraction of sp³-hybridized carbons (Fsp3) is 0.0345. The van der Waals surface area contributed by atoms with Crippen molar-refractivity contribution in [3.63, 3.8) is 0 Å². The van der Waals surface area contributed by atoms with Crippen molar-refractivity contribution in [2.24, 2.45) is 4.99 Å². The first-order chi connectivity index (χ1) is 17.7. The predicted molar refractivity (Wildman–Crippen MR) is 141 cm³/mol. The zero-order chi connectivity index (χ0) is 24.5. The van der Waals surface area contributed by atoms with E-state index < -0.39 is 0 Å². The Bertz CT molecular complexity index is 1640. The summed E-state index contributed by atoms with van der Waals surface area (Å²) in [6.45, 7) is 0.0417. The number of amides is 2. The highest BCUT2D eigenvalue weighted by atomic mass is 16.2. The minimum Gasteiger partial charge on any atom is -0.323 e. The number of aliphatic imine (C=N–C) groups is 1. The molecule has 7 heteroatoms. The molecular weight excluding hydrogens is 450 g/mol. The Morgan fingerprint density at radius 1 is 0.889 bits per heavy atom. The average Bonchev–Trinajstić information content (AvgIpc) is 3.39. The molecule has 0 aliphatic carbocycles. The highest BCUT2D eigenvalue weighted by Crippen LogP contribution is 2.31. The Morgan fingerprint density at radius 3 is 2.53 bits per heavy atom. The third kappa shape index (κ3) is 3.92. The molecule has 2 N–H and O–H groups in total. The summed E-state index contributed by atoms with van der Waals surface area (Å²) >= 11 is 0. The third-order valence-electron chi connectivity index (χ3n) is 6.13. The van der Waals surface area contributed by atoms with Crippen molar-refractivity contribution >= 4 is 39.7 Å². The first-order valence-corrected chi connectivity index (χ1v) is 11.5. The van der Waals surface area contributed by atoms with Crippen molar-refractivity contribution in [2.75, 3.05) is 17.2 Å². The predicted octanol–water partition coefficient (Wildman–Crippen LogP) is 5.07. The molecule has 0 unspecified atom stereocenters. The van der Waals surface area contributed by atoms with Gasteiger partial charge in [0.1, 0.15) is 12.4 Å². The van der Waals surface area contributed by atoms with E-state index >= 15 is 0 Å². The first-order valence-electron chi connectivity index (χ1n) is 11.5. The van der Waals surface area contributed by atoms with Gasteiger partial charge in [-0.2, -0.15) is 0 Å². The number of nitrogens with zero attached hydrogens (tertiary/aromatic N) is 3. The monoisotopic (exact) mass is 471 g/mol. The number of carbonyl (C=O) groups excluding carboxylic acids is 2. The van der Waals surface area contributed by atoms with E-state index in [2.05, 4.69) is 20.6 Å². The Morgan fingerprint density at radius 2 is 1.69 bits per heavy atom. The molecule has 1 aliphatic heterocycles. The van der Waals surface area contributed by atoms with Gasteiger partial charge < -0.3 is 15.2 Å². The zero-order valence-corrected chi connectivity index (χ0v) is 19.2. The molecule has 0 bridgehead atoms. The molecule has 6 rings (SSSR count). The second-order valence-corrected chi connectivity index (χ2v) is 8.42. The maximum atomic E-state index is 13.1. The molecule has 1 aliphatic rings. The molecule has 0 spiro atoms. The lowest BCUT2D eigenvalue weighted by atomic mass is 9.96. The number of hydrogen-bond acceptors (Lipinski definition) is 4. The lowest BCUT2D eigenvalue weighted by Crippen LogP contribution is -2.15. The minimum atomic E-state index is -0.252. The lowest BCUT2D eigenvalue weighted by Gasteiger charge is -2.14. The summed E-state index contributed by atoms with van der Waals surface area (Å²) in [7, 11) is 0. The van der Waals surface area contributed by atoms with Crippen LogP contribution in [0.2, 0.25) is 0 Å². The maximum Gasteiger partial charge on any atom is 0.259 e. The summed E-state index contributed by atoms with van der Waals surface area (Å²) < 4.78 is 1.80. The van der Waals surface area contributed by atoms with Crippen molar-refractivity contribution in [2.45, 2.75) is 0 Å². The number of pyridine rings is 1. The molecule has 0 atom stereocenters. The van der Waals surface area contributed by atoms with E-state index in [0.29, 0.717) is 17.1 Å². The van der Waals surface area contributed by atoms with Crippen molar-refractivity contribution in [3.8, 4) is 5.82 Å². The topological polar surface area (TPSA) is 88.4 Å². The molecule has 0 saturated carbocycles. The van der Waals surface area contributed by atoms with Crippen LogP contribution in [-0.4, -0.2) is 33.6 Å². The summed E-state index contributed by atoms with van der Waals surface area (Å²) in [5.41, 5.74) is 4.33. The molecular formula is C29H21N5O2. The molecule has 36 heavy (non-hydrogen) atoms. The number of carbonyl (C=O) groups is 2. The Hall–Kier alpha value is -5.04. The second kappa shape index (κ2) is 8.96. The number of hydrogen-bond donors (Lipinski definition) is 2. The van der Waals surface area contributed by atoms with Gasteiger partial charge in [-0.1, -0.05) is 48.5 Å². The van der Waals surface area contributed by atoms with Gasteiger partial charge >= 0.3 is 0 Å². The normalized spacial score (nSPS) is 12.9. The van der Waals surface area contributed by atoms with E-state index in [1.54, 1.807) is 22.9 Å². The molecule has 0 fully saturated rings. The van der Waals surface area contributed by atoms with Gasteiger partial charge in [-0.15, -0.1) is 0 Å². The van der Waals surface area contributed by atoms with Gasteiger partial charge in [0, 0.05) is 40.8 Å². The summed E-state index contributed by atoms with van der Waals surface area (Å²) in [5.74, 6) is 0.157. The van der Waals surface area contributed by atoms with Gasteiger partial charge in [-0.25, -0.2) is 4.98 Å². The van der Waals surface area contributed by atoms with Crippen LogP contribution in [0.5, 0.6) is 0 Å². The molecule has 0 saturated heterocycles. The fourth-order valence-electron chi connectivity index (χ4n) is 4.43. The second-order valence-electron chi connectivity index (χ2n) is 8.42. The number of nitrogens with one attached hydrogen (secondary N) is 2. The van der Waals surface area contributed by atoms with Crippen molar-refractivity contribution < 1.29 is 9.59 Å². The van der Waals surface area contributed by atoms with E-state index in [0.717, 1.165) is 33.3 Å². The van der Waals surface area contributed by atoms with Crippen LogP contribution in [0.15, 0.2) is 109 Å². The first kappa shape index (κ1) is 21.5. The molecule has 2 amide bonds. The quantitative estimate of drug-likeness (QED) is 0.384. The molecule has 0 radical (unpaired) electrons. The summed E-state index contributed by atoms with van der Waals surface area (Å²) in [4.78, 5) is 34.4. The molecule has 7 nitrogen and oxygen atoms in total. The van der Waals surface area contributed by atoms with E-state index in [-0.39, 0.29) is 18.4 Å². The van der Waals surface area contributed by atoms with Gasteiger partial charge in [0.25, 0.3) is 5.91 Å². The van der Waals surface area contributed by atoms with E-state index in [1.807, 2.05) is 85.2 Å². The fourth-order valence-corrected chi connectivity index (χ4v) is 4.43. The van der Waals surface area contributed by atoms with Crippen LogP contribution >= 0.6 is 0 Å². The van der Waals surface area contributed by atoms with Crippen molar-refractivity contribution in [1.29, 1.82) is 0 Å². The van der Waals surface area contributed by atoms with Crippen molar-refractivity contribution in [1.82, 2.24) is 9.55 Å². The lowest BCUT2D eigenvalue weighted by molar-refractivity contribution is -0.114. The summed E-state index contributed by atoms with van der Waals surface area (Å²) in [6.07, 6.45) is 5.36. The van der Waals surface area contributed by atoms with Crippen LogP contribution in [0.4, 0.5) is 11.4 Å². The number of anilines is 2. The van der Waals surface area contributed by atoms with Crippen LogP contribution in [0, 0.1) is 0 Å². The van der Waals surface area contributed by atoms with Crippen LogP contribution < -0.4 is 10.6 Å². The Kier molecular flexibility index (Phi) is 5.35. The molecule has 3 aromatic carbocycles. The number of benzene rings is 3. The number of fused-ring (bicyclic) bond motifs is 3. The third-order valence-corrected chi connectivity index (χ3v) is 6.13. The van der Waals surface area contributed by atoms with Gasteiger partial charge in [-0.3, -0.25) is 14.6 Å². The van der Waals surface area contributed by atoms with Gasteiger partial charge in [0.05, 0.1) is 17.0 Å². The van der Waals surface area contributed by atoms with Gasteiger partial charge in [0.2, 0.25) is 5.91 Å². The highest BCUT2D eigenvalue weighted by Gasteiger charge is 2.20. The standard InChI is InChI=1S/C29H21N5O2/c35-25-18-31-26(23-14-11-19-6-1-2-7-22(19)27(23)33-25)20-9-12-21(13-10-20)32-29(36)24-8-5-15-30-28(24)34-16-3-4-17-34/h1-17H,18H2,(H,32,36)(H,33,35). The Balaban J connectivity index is 1.30. The average molecular weight is 472 g/mol. The van der Waals surface area contributed by atoms with E-state index in [1.165, 1.54) is 0 Å². The number of aromatic nitrogens is 2. The van der Waals surface area contributed by atoms with Gasteiger partial charge in [0.15, 0.2) is 0 Å². The highest BCUT2D eigenvalue weighted by molar-refractivity contribution is 6.23. The zero-order valence-electron chi connectivity index (χ0n) is 19.2. The van der Waals surface area contributed by atoms with Crippen LogP contribution in [-0.2, 0) is 4.79 Å². The molecule has 5 aromatic rings. The molecule has 3 heterocycles. The SMILES string of the molecule is O=C1CN=C(c2ccc(NC(=O)c3cccnc3-n3cccc3)cc2)c2ccc3ccccc3c2N1. The largest absolute Gasteiger partial charge is 0.323 e. The summed E-state index contributed by atoms with van der Waals surface area (Å²) in [6, 6.07) is 26.7. The Labute approximate surface area is 207 Å². The minimum absolute atomic E-state index is 0.0417. The van der Waals surface area contributed by atoms with Crippen LogP contribution in [0.3, 0.4) is 0 Å².